The molecular formula is C15H22N2O3. The van der Waals surface area contributed by atoms with E-state index < -0.39 is 5.97 Å². The molecule has 0 radical (unpaired) electrons. The van der Waals surface area contributed by atoms with E-state index >= 15 is 0 Å². The number of aliphatic carboxylic acids is 1. The van der Waals surface area contributed by atoms with Crippen LogP contribution in [0.3, 0.4) is 0 Å². The molecule has 0 amide bonds. The first-order chi connectivity index (χ1) is 9.60. The summed E-state index contributed by atoms with van der Waals surface area (Å²) in [4.78, 5) is 15.7. The Hall–Kier alpha value is -1.59. The molecule has 1 N–H and O–H groups in total. The van der Waals surface area contributed by atoms with Crippen LogP contribution in [0.4, 0.5) is 0 Å². The molecule has 20 heavy (non-hydrogen) atoms. The fourth-order valence-corrected chi connectivity index (χ4v) is 2.58. The minimum Gasteiger partial charge on any atom is -0.497 e. The number of rotatable bonds is 5. The zero-order valence-corrected chi connectivity index (χ0v) is 12.1. The van der Waals surface area contributed by atoms with Gasteiger partial charge in [0.25, 0.3) is 0 Å². The van der Waals surface area contributed by atoms with Crippen molar-refractivity contribution in [2.75, 3.05) is 40.3 Å². The molecule has 1 saturated heterocycles. The van der Waals surface area contributed by atoms with Gasteiger partial charge in [-0.3, -0.25) is 9.69 Å². The summed E-state index contributed by atoms with van der Waals surface area (Å²) in [6.45, 7) is 3.76. The summed E-state index contributed by atoms with van der Waals surface area (Å²) in [7, 11) is 3.72. The summed E-state index contributed by atoms with van der Waals surface area (Å²) < 4.78 is 5.15. The molecule has 0 aliphatic carbocycles. The predicted molar refractivity (Wildman–Crippen MR) is 77.1 cm³/mol. The van der Waals surface area contributed by atoms with Crippen LogP contribution in [0.25, 0.3) is 0 Å². The maximum absolute atomic E-state index is 11.2. The SMILES string of the molecule is COc1ccc([C@H](CC(=O)O)N2CCN(C)CC2)cc1. The summed E-state index contributed by atoms with van der Waals surface area (Å²) in [5.41, 5.74) is 1.04. The van der Waals surface area contributed by atoms with Crippen LogP contribution >= 0.6 is 0 Å². The van der Waals surface area contributed by atoms with E-state index in [-0.39, 0.29) is 12.5 Å². The topological polar surface area (TPSA) is 53.0 Å². The largest absolute Gasteiger partial charge is 0.497 e. The van der Waals surface area contributed by atoms with Gasteiger partial charge in [0.2, 0.25) is 0 Å². The number of likely N-dealkylation sites (N-methyl/N-ethyl adjacent to an activating group) is 1. The summed E-state index contributed by atoms with van der Waals surface area (Å²) in [5, 5.41) is 9.17. The first kappa shape index (κ1) is 14.8. The summed E-state index contributed by atoms with van der Waals surface area (Å²) in [6.07, 6.45) is 0.135. The third kappa shape index (κ3) is 3.71. The molecule has 1 aliphatic heterocycles. The molecule has 0 saturated carbocycles. The molecule has 0 unspecified atom stereocenters. The maximum Gasteiger partial charge on any atom is 0.305 e. The summed E-state index contributed by atoms with van der Waals surface area (Å²) >= 11 is 0. The Balaban J connectivity index is 2.15. The number of carboxylic acids is 1. The number of piperazine rings is 1. The number of hydrogen-bond donors (Lipinski definition) is 1. The molecule has 1 fully saturated rings. The average molecular weight is 278 g/mol. The highest BCUT2D eigenvalue weighted by molar-refractivity contribution is 5.68. The molecular weight excluding hydrogens is 256 g/mol. The van der Waals surface area contributed by atoms with E-state index in [2.05, 4.69) is 16.8 Å². The van der Waals surface area contributed by atoms with Gasteiger partial charge in [-0.1, -0.05) is 12.1 Å². The number of carboxylic acid groups (broad SMARTS) is 1. The number of benzene rings is 1. The van der Waals surface area contributed by atoms with E-state index in [1.807, 2.05) is 24.3 Å². The second-order valence-corrected chi connectivity index (χ2v) is 5.23. The lowest BCUT2D eigenvalue weighted by Crippen LogP contribution is -2.46. The van der Waals surface area contributed by atoms with Crippen molar-refractivity contribution in [3.05, 3.63) is 29.8 Å². The minimum atomic E-state index is -0.759. The van der Waals surface area contributed by atoms with Gasteiger partial charge >= 0.3 is 5.97 Å². The Labute approximate surface area is 119 Å². The van der Waals surface area contributed by atoms with Crippen LogP contribution in [0, 0.1) is 0 Å². The van der Waals surface area contributed by atoms with Crippen molar-refractivity contribution in [1.82, 2.24) is 9.80 Å². The van der Waals surface area contributed by atoms with Crippen molar-refractivity contribution >= 4 is 5.97 Å². The van der Waals surface area contributed by atoms with Gasteiger partial charge in [-0.15, -0.1) is 0 Å². The molecule has 1 aromatic carbocycles. The van der Waals surface area contributed by atoms with E-state index in [1.54, 1.807) is 7.11 Å². The highest BCUT2D eigenvalue weighted by atomic mass is 16.5. The van der Waals surface area contributed by atoms with Crippen molar-refractivity contribution in [2.45, 2.75) is 12.5 Å². The van der Waals surface area contributed by atoms with E-state index in [1.165, 1.54) is 0 Å². The molecule has 0 spiro atoms. The molecule has 1 heterocycles. The minimum absolute atomic E-state index is 0.0629. The molecule has 1 aromatic rings. The Morgan fingerprint density at radius 3 is 2.35 bits per heavy atom. The monoisotopic (exact) mass is 278 g/mol. The van der Waals surface area contributed by atoms with Crippen molar-refractivity contribution in [3.8, 4) is 5.75 Å². The van der Waals surface area contributed by atoms with Crippen LogP contribution in [0.2, 0.25) is 0 Å². The lowest BCUT2D eigenvalue weighted by molar-refractivity contribution is -0.138. The van der Waals surface area contributed by atoms with E-state index in [0.29, 0.717) is 0 Å². The van der Waals surface area contributed by atoms with Crippen molar-refractivity contribution < 1.29 is 14.6 Å². The molecule has 0 bridgehead atoms. The van der Waals surface area contributed by atoms with Crippen LogP contribution in [-0.4, -0.2) is 61.2 Å². The van der Waals surface area contributed by atoms with E-state index in [9.17, 15) is 4.79 Å². The third-order valence-corrected chi connectivity index (χ3v) is 3.85. The van der Waals surface area contributed by atoms with Gasteiger partial charge in [0, 0.05) is 32.2 Å². The van der Waals surface area contributed by atoms with Crippen molar-refractivity contribution in [1.29, 1.82) is 0 Å². The fourth-order valence-electron chi connectivity index (χ4n) is 2.58. The summed E-state index contributed by atoms with van der Waals surface area (Å²) in [5.74, 6) is 0.0333. The molecule has 2 rings (SSSR count). The van der Waals surface area contributed by atoms with Gasteiger partial charge in [0.05, 0.1) is 13.5 Å². The van der Waals surface area contributed by atoms with Crippen molar-refractivity contribution in [2.24, 2.45) is 0 Å². The average Bonchev–Trinajstić information content (AvgIpc) is 2.46. The molecule has 1 aliphatic rings. The first-order valence-corrected chi connectivity index (χ1v) is 6.88. The third-order valence-electron chi connectivity index (χ3n) is 3.85. The number of hydrogen-bond acceptors (Lipinski definition) is 4. The summed E-state index contributed by atoms with van der Waals surface area (Å²) in [6, 6.07) is 7.64. The molecule has 5 heteroatoms. The van der Waals surface area contributed by atoms with Crippen molar-refractivity contribution in [3.63, 3.8) is 0 Å². The van der Waals surface area contributed by atoms with Gasteiger partial charge < -0.3 is 14.7 Å². The second-order valence-electron chi connectivity index (χ2n) is 5.23. The fraction of sp³-hybridized carbons (Fsp3) is 0.533. The Morgan fingerprint density at radius 1 is 1.25 bits per heavy atom. The van der Waals surface area contributed by atoms with Gasteiger partial charge in [-0.05, 0) is 24.7 Å². The van der Waals surface area contributed by atoms with Gasteiger partial charge in [0.15, 0.2) is 0 Å². The van der Waals surface area contributed by atoms with E-state index in [0.717, 1.165) is 37.5 Å². The number of ether oxygens (including phenoxy) is 1. The normalized spacial score (nSPS) is 18.7. The zero-order valence-electron chi connectivity index (χ0n) is 12.1. The highest BCUT2D eigenvalue weighted by Crippen LogP contribution is 2.27. The number of methoxy groups -OCH3 is 1. The Bertz CT molecular complexity index is 439. The number of carbonyl (C=O) groups is 1. The maximum atomic E-state index is 11.2. The molecule has 0 aromatic heterocycles. The van der Waals surface area contributed by atoms with Gasteiger partial charge in [-0.2, -0.15) is 0 Å². The van der Waals surface area contributed by atoms with Gasteiger partial charge in [0.1, 0.15) is 5.75 Å². The van der Waals surface area contributed by atoms with Gasteiger partial charge in [-0.25, -0.2) is 0 Å². The Morgan fingerprint density at radius 2 is 1.85 bits per heavy atom. The lowest BCUT2D eigenvalue weighted by atomic mass is 10.0. The highest BCUT2D eigenvalue weighted by Gasteiger charge is 2.25. The predicted octanol–water partition coefficient (Wildman–Crippen LogP) is 1.46. The smallest absolute Gasteiger partial charge is 0.305 e. The van der Waals surface area contributed by atoms with Crippen LogP contribution in [0.5, 0.6) is 5.75 Å². The molecule has 1 atom stereocenters. The second kappa shape index (κ2) is 6.72. The lowest BCUT2D eigenvalue weighted by Gasteiger charge is -2.37. The van der Waals surface area contributed by atoms with Crippen LogP contribution < -0.4 is 4.74 Å². The quantitative estimate of drug-likeness (QED) is 0.883. The van der Waals surface area contributed by atoms with Crippen LogP contribution in [0.1, 0.15) is 18.0 Å². The zero-order chi connectivity index (χ0) is 14.5. The number of nitrogens with zero attached hydrogens (tertiary/aromatic N) is 2. The van der Waals surface area contributed by atoms with Crippen LogP contribution in [0.15, 0.2) is 24.3 Å². The molecule has 110 valence electrons. The standard InChI is InChI=1S/C15H22N2O3/c1-16-7-9-17(10-8-16)14(11-15(18)19)12-3-5-13(20-2)6-4-12/h3-6,14H,7-11H2,1-2H3,(H,18,19)/t14-/m0/s1. The Kier molecular flexibility index (Phi) is 4.98. The molecule has 5 nitrogen and oxygen atoms in total. The van der Waals surface area contributed by atoms with Crippen LogP contribution in [-0.2, 0) is 4.79 Å². The first-order valence-electron chi connectivity index (χ1n) is 6.88. The van der Waals surface area contributed by atoms with E-state index in [4.69, 9.17) is 9.84 Å².